The van der Waals surface area contributed by atoms with E-state index in [9.17, 15) is 9.90 Å². The molecule has 0 radical (unpaired) electrons. The number of aliphatic hydroxyl groups is 1. The third-order valence-electron chi connectivity index (χ3n) is 1.99. The van der Waals surface area contributed by atoms with Crippen molar-refractivity contribution in [2.24, 2.45) is 0 Å². The van der Waals surface area contributed by atoms with E-state index >= 15 is 0 Å². The molecular formula is C8H14N2O2S. The van der Waals surface area contributed by atoms with Crippen molar-refractivity contribution in [3.05, 3.63) is 12.2 Å². The summed E-state index contributed by atoms with van der Waals surface area (Å²) in [6, 6.07) is 0. The van der Waals surface area contributed by atoms with Gasteiger partial charge in [0.25, 0.3) is 5.91 Å². The molecule has 1 aliphatic heterocycles. The Morgan fingerprint density at radius 3 is 3.08 bits per heavy atom. The Bertz CT molecular complexity index is 208. The highest BCUT2D eigenvalue weighted by Gasteiger charge is 2.18. The van der Waals surface area contributed by atoms with Crippen molar-refractivity contribution in [1.82, 2.24) is 9.62 Å². The zero-order valence-electron chi connectivity index (χ0n) is 7.31. The summed E-state index contributed by atoms with van der Waals surface area (Å²) >= 11 is 3.61. The van der Waals surface area contributed by atoms with Crippen molar-refractivity contribution in [2.45, 2.75) is 12.5 Å². The first-order valence-electron chi connectivity index (χ1n) is 4.23. The largest absolute Gasteiger partial charge is 0.392 e. The normalized spacial score (nSPS) is 24.0. The van der Waals surface area contributed by atoms with Crippen molar-refractivity contribution in [3.8, 4) is 0 Å². The standard InChI is InChI=1S/C8H14N2O2S/c11-7-3-5-10(6-7)4-1-2-8(12)9-13/h1-2,7,11,13H,3-6H2,(H,9,12)/b2-1+/t7-/m0/s1. The predicted molar refractivity (Wildman–Crippen MR) is 53.3 cm³/mol. The lowest BCUT2D eigenvalue weighted by molar-refractivity contribution is -0.114. The third kappa shape index (κ3) is 3.80. The van der Waals surface area contributed by atoms with Crippen molar-refractivity contribution in [1.29, 1.82) is 0 Å². The van der Waals surface area contributed by atoms with Gasteiger partial charge in [-0.3, -0.25) is 14.4 Å². The number of thiol groups is 1. The molecule has 1 rings (SSSR count). The molecule has 1 atom stereocenters. The van der Waals surface area contributed by atoms with Crippen molar-refractivity contribution < 1.29 is 9.90 Å². The SMILES string of the molecule is O=C(/C=C/CN1CC[C@H](O)C1)NS. The van der Waals surface area contributed by atoms with Crippen LogP contribution in [0, 0.1) is 0 Å². The summed E-state index contributed by atoms with van der Waals surface area (Å²) in [6.45, 7) is 2.30. The molecule has 1 saturated heterocycles. The van der Waals surface area contributed by atoms with Crippen LogP contribution in [0.25, 0.3) is 0 Å². The zero-order valence-corrected chi connectivity index (χ0v) is 8.20. The molecular weight excluding hydrogens is 188 g/mol. The summed E-state index contributed by atoms with van der Waals surface area (Å²) in [4.78, 5) is 12.8. The topological polar surface area (TPSA) is 52.6 Å². The lowest BCUT2D eigenvalue weighted by Gasteiger charge is -2.10. The number of aliphatic hydroxyl groups excluding tert-OH is 1. The number of β-amino-alcohol motifs (C(OH)–C–C–N with tert-alkyl or cyclic N) is 1. The Kier molecular flexibility index (Phi) is 4.27. The number of carbonyl (C=O) groups excluding carboxylic acids is 1. The summed E-state index contributed by atoms with van der Waals surface area (Å²) in [5, 5.41) is 9.20. The van der Waals surface area contributed by atoms with Crippen molar-refractivity contribution in [2.75, 3.05) is 19.6 Å². The number of carbonyl (C=O) groups is 1. The van der Waals surface area contributed by atoms with E-state index in [1.807, 2.05) is 0 Å². The molecule has 1 heterocycles. The minimum absolute atomic E-state index is 0.202. The first-order chi connectivity index (χ1) is 6.22. The van der Waals surface area contributed by atoms with Gasteiger partial charge in [0.15, 0.2) is 0 Å². The van der Waals surface area contributed by atoms with E-state index in [4.69, 9.17) is 0 Å². The molecule has 0 spiro atoms. The molecule has 0 aromatic rings. The van der Waals surface area contributed by atoms with Crippen LogP contribution in [0.2, 0.25) is 0 Å². The van der Waals surface area contributed by atoms with Crippen LogP contribution in [0.5, 0.6) is 0 Å². The van der Waals surface area contributed by atoms with Crippen molar-refractivity contribution in [3.63, 3.8) is 0 Å². The van der Waals surface area contributed by atoms with Gasteiger partial charge in [-0.1, -0.05) is 18.9 Å². The van der Waals surface area contributed by atoms with Gasteiger partial charge >= 0.3 is 0 Å². The average Bonchev–Trinajstić information content (AvgIpc) is 2.51. The summed E-state index contributed by atoms with van der Waals surface area (Å²) in [5.74, 6) is -0.219. The Morgan fingerprint density at radius 2 is 2.54 bits per heavy atom. The maximum atomic E-state index is 10.7. The van der Waals surface area contributed by atoms with Crippen LogP contribution in [0.15, 0.2) is 12.2 Å². The van der Waals surface area contributed by atoms with Gasteiger partial charge in [-0.25, -0.2) is 0 Å². The number of amides is 1. The molecule has 13 heavy (non-hydrogen) atoms. The number of nitrogens with zero attached hydrogens (tertiary/aromatic N) is 1. The van der Waals surface area contributed by atoms with E-state index in [2.05, 4.69) is 22.4 Å². The van der Waals surface area contributed by atoms with Gasteiger partial charge < -0.3 is 5.11 Å². The van der Waals surface area contributed by atoms with Gasteiger partial charge in [0, 0.05) is 25.7 Å². The molecule has 0 bridgehead atoms. The van der Waals surface area contributed by atoms with Gasteiger partial charge in [-0.15, -0.1) is 0 Å². The predicted octanol–water partition coefficient (Wildman–Crippen LogP) is -0.430. The Balaban J connectivity index is 2.19. The maximum absolute atomic E-state index is 10.7. The zero-order chi connectivity index (χ0) is 9.68. The van der Waals surface area contributed by atoms with E-state index < -0.39 is 0 Å². The van der Waals surface area contributed by atoms with Crippen molar-refractivity contribution >= 4 is 18.7 Å². The monoisotopic (exact) mass is 202 g/mol. The van der Waals surface area contributed by atoms with Crippen LogP contribution in [0.4, 0.5) is 0 Å². The Hall–Kier alpha value is -0.520. The van der Waals surface area contributed by atoms with E-state index in [0.717, 1.165) is 13.0 Å². The van der Waals surface area contributed by atoms with E-state index in [1.165, 1.54) is 6.08 Å². The molecule has 1 amide bonds. The van der Waals surface area contributed by atoms with Crippen LogP contribution in [-0.2, 0) is 4.79 Å². The highest BCUT2D eigenvalue weighted by molar-refractivity contribution is 7.78. The average molecular weight is 202 g/mol. The molecule has 0 aromatic heterocycles. The second kappa shape index (κ2) is 5.26. The molecule has 0 aliphatic carbocycles. The van der Waals surface area contributed by atoms with Gasteiger partial charge in [0.2, 0.25) is 0 Å². The quantitative estimate of drug-likeness (QED) is 0.430. The van der Waals surface area contributed by atoms with E-state index in [-0.39, 0.29) is 12.0 Å². The van der Waals surface area contributed by atoms with Gasteiger partial charge in [-0.05, 0) is 6.42 Å². The Morgan fingerprint density at radius 1 is 1.77 bits per heavy atom. The molecule has 74 valence electrons. The van der Waals surface area contributed by atoms with E-state index in [1.54, 1.807) is 6.08 Å². The molecule has 0 aromatic carbocycles. The summed E-state index contributed by atoms with van der Waals surface area (Å²) < 4.78 is 2.20. The Labute approximate surface area is 83.2 Å². The van der Waals surface area contributed by atoms with Gasteiger partial charge in [0.05, 0.1) is 6.10 Å². The van der Waals surface area contributed by atoms with Crippen LogP contribution in [0.3, 0.4) is 0 Å². The summed E-state index contributed by atoms with van der Waals surface area (Å²) in [6.07, 6.45) is 3.83. The summed E-state index contributed by atoms with van der Waals surface area (Å²) in [5.41, 5.74) is 0. The lowest BCUT2D eigenvalue weighted by Crippen LogP contribution is -2.22. The highest BCUT2D eigenvalue weighted by atomic mass is 32.1. The van der Waals surface area contributed by atoms with Crippen LogP contribution >= 0.6 is 12.8 Å². The minimum Gasteiger partial charge on any atom is -0.392 e. The third-order valence-corrected chi connectivity index (χ3v) is 2.21. The van der Waals surface area contributed by atoms with Crippen LogP contribution in [-0.4, -0.2) is 41.7 Å². The summed E-state index contributed by atoms with van der Waals surface area (Å²) in [7, 11) is 0. The smallest absolute Gasteiger partial charge is 0.253 e. The second-order valence-electron chi connectivity index (χ2n) is 3.08. The fourth-order valence-corrected chi connectivity index (χ4v) is 1.40. The molecule has 1 aliphatic rings. The molecule has 0 saturated carbocycles. The molecule has 0 unspecified atom stereocenters. The molecule has 1 fully saturated rings. The number of rotatable bonds is 3. The maximum Gasteiger partial charge on any atom is 0.253 e. The van der Waals surface area contributed by atoms with E-state index in [0.29, 0.717) is 13.1 Å². The molecule has 5 heteroatoms. The minimum atomic E-state index is -0.219. The van der Waals surface area contributed by atoms with Crippen LogP contribution in [0.1, 0.15) is 6.42 Å². The van der Waals surface area contributed by atoms with Crippen LogP contribution < -0.4 is 4.72 Å². The second-order valence-corrected chi connectivity index (χ2v) is 3.30. The number of nitrogens with one attached hydrogen (secondary N) is 1. The lowest BCUT2D eigenvalue weighted by atomic mass is 10.3. The molecule has 4 nitrogen and oxygen atoms in total. The molecule has 2 N–H and O–H groups in total. The number of hydrogen-bond donors (Lipinski definition) is 3. The highest BCUT2D eigenvalue weighted by Crippen LogP contribution is 2.07. The first-order valence-corrected chi connectivity index (χ1v) is 4.68. The fraction of sp³-hybridized carbons (Fsp3) is 0.625. The fourth-order valence-electron chi connectivity index (χ4n) is 1.32. The first kappa shape index (κ1) is 10.6. The number of hydrogen-bond acceptors (Lipinski definition) is 4. The van der Waals surface area contributed by atoms with Gasteiger partial charge in [-0.2, -0.15) is 0 Å². The van der Waals surface area contributed by atoms with Gasteiger partial charge in [0.1, 0.15) is 0 Å². The number of likely N-dealkylation sites (tertiary alicyclic amines) is 1.